The predicted octanol–water partition coefficient (Wildman–Crippen LogP) is 1.36. The van der Waals surface area contributed by atoms with Gasteiger partial charge in [-0.15, -0.1) is 0 Å². The Morgan fingerprint density at radius 2 is 2.26 bits per heavy atom. The largest absolute Gasteiger partial charge is 0.481 e. The van der Waals surface area contributed by atoms with Crippen molar-refractivity contribution in [3.8, 4) is 0 Å². The number of aryl methyl sites for hydroxylation is 1. The molecule has 23 heavy (non-hydrogen) atoms. The number of rotatable bonds is 6. The molecule has 0 bridgehead atoms. The van der Waals surface area contributed by atoms with E-state index in [9.17, 15) is 9.59 Å². The molecule has 0 unspecified atom stereocenters. The molecule has 2 N–H and O–H groups in total. The Bertz CT molecular complexity index is 729. The smallest absolute Gasteiger partial charge is 0.305 e. The number of nitrogens with one attached hydrogen (secondary N) is 1. The fourth-order valence-corrected chi connectivity index (χ4v) is 2.75. The minimum Gasteiger partial charge on any atom is -0.481 e. The number of hydrogen-bond donors (Lipinski definition) is 2. The number of aliphatic carboxylic acids is 1. The summed E-state index contributed by atoms with van der Waals surface area (Å²) in [6.45, 7) is 2.32. The maximum Gasteiger partial charge on any atom is 0.305 e. The van der Waals surface area contributed by atoms with Crippen LogP contribution in [0.4, 0.5) is 0 Å². The average molecular weight is 318 g/mol. The minimum atomic E-state index is -0.917. The molecule has 0 aromatic carbocycles. The van der Waals surface area contributed by atoms with Gasteiger partial charge in [-0.05, 0) is 31.7 Å². The zero-order valence-electron chi connectivity index (χ0n) is 12.8. The molecule has 0 atom stereocenters. The van der Waals surface area contributed by atoms with Crippen LogP contribution in [0, 0.1) is 6.92 Å². The summed E-state index contributed by atoms with van der Waals surface area (Å²) in [5, 5.41) is 19.7. The van der Waals surface area contributed by atoms with Gasteiger partial charge in [-0.3, -0.25) is 14.3 Å². The molecule has 0 saturated heterocycles. The molecule has 8 heteroatoms. The molecule has 2 aromatic heterocycles. The van der Waals surface area contributed by atoms with Crippen LogP contribution in [0.25, 0.3) is 0 Å². The first-order chi connectivity index (χ1) is 11.0. The number of hydrogen-bond acceptors (Lipinski definition) is 5. The lowest BCUT2D eigenvalue weighted by atomic mass is 9.74. The van der Waals surface area contributed by atoms with Crippen LogP contribution in [0.1, 0.15) is 47.5 Å². The summed E-state index contributed by atoms with van der Waals surface area (Å²) in [7, 11) is 0. The van der Waals surface area contributed by atoms with Gasteiger partial charge in [-0.2, -0.15) is 5.10 Å². The number of nitrogens with zero attached hydrogens (tertiary/aromatic N) is 3. The van der Waals surface area contributed by atoms with Crippen molar-refractivity contribution < 1.29 is 19.2 Å². The normalized spacial score (nSPS) is 15.9. The van der Waals surface area contributed by atoms with Crippen LogP contribution in [0.5, 0.6) is 0 Å². The van der Waals surface area contributed by atoms with Gasteiger partial charge >= 0.3 is 5.97 Å². The van der Waals surface area contributed by atoms with E-state index < -0.39 is 17.4 Å². The number of carboxylic acid groups (broad SMARTS) is 1. The van der Waals surface area contributed by atoms with E-state index in [1.807, 2.05) is 13.1 Å². The highest BCUT2D eigenvalue weighted by atomic mass is 16.5. The monoisotopic (exact) mass is 318 g/mol. The first-order valence-corrected chi connectivity index (χ1v) is 7.45. The van der Waals surface area contributed by atoms with E-state index in [1.165, 1.54) is 0 Å². The molecule has 0 radical (unpaired) electrons. The highest BCUT2D eigenvalue weighted by molar-refractivity contribution is 5.93. The van der Waals surface area contributed by atoms with Gasteiger partial charge in [-0.1, -0.05) is 5.16 Å². The SMILES string of the molecule is Cc1cnn(Cc2cc(C(=O)NC3(CC(=O)O)CCC3)no2)c1. The number of carbonyl (C=O) groups excluding carboxylic acids is 1. The van der Waals surface area contributed by atoms with Crippen molar-refractivity contribution in [3.63, 3.8) is 0 Å². The summed E-state index contributed by atoms with van der Waals surface area (Å²) in [6, 6.07) is 1.56. The molecule has 2 heterocycles. The summed E-state index contributed by atoms with van der Waals surface area (Å²) in [5.41, 5.74) is 0.532. The molecule has 1 fully saturated rings. The van der Waals surface area contributed by atoms with Gasteiger partial charge in [0.15, 0.2) is 11.5 Å². The number of aromatic nitrogens is 3. The van der Waals surface area contributed by atoms with Crippen molar-refractivity contribution in [2.24, 2.45) is 0 Å². The summed E-state index contributed by atoms with van der Waals surface area (Å²) >= 11 is 0. The van der Waals surface area contributed by atoms with E-state index in [2.05, 4.69) is 15.6 Å². The maximum absolute atomic E-state index is 12.3. The van der Waals surface area contributed by atoms with E-state index in [-0.39, 0.29) is 12.1 Å². The van der Waals surface area contributed by atoms with E-state index in [4.69, 9.17) is 9.63 Å². The Morgan fingerprint density at radius 1 is 1.48 bits per heavy atom. The van der Waals surface area contributed by atoms with Gasteiger partial charge in [0.25, 0.3) is 5.91 Å². The third-order valence-corrected chi connectivity index (χ3v) is 4.05. The van der Waals surface area contributed by atoms with Crippen molar-refractivity contribution in [2.75, 3.05) is 0 Å². The topological polar surface area (TPSA) is 110 Å². The number of carboxylic acids is 1. The van der Waals surface area contributed by atoms with Crippen molar-refractivity contribution in [3.05, 3.63) is 35.5 Å². The second-order valence-electron chi connectivity index (χ2n) is 6.05. The molecule has 122 valence electrons. The number of amides is 1. The first kappa shape index (κ1) is 15.3. The molecule has 1 saturated carbocycles. The van der Waals surface area contributed by atoms with Crippen LogP contribution in [-0.2, 0) is 11.3 Å². The average Bonchev–Trinajstić information content (AvgIpc) is 3.05. The zero-order chi connectivity index (χ0) is 16.4. The lowest BCUT2D eigenvalue weighted by Gasteiger charge is -2.41. The summed E-state index contributed by atoms with van der Waals surface area (Å²) in [4.78, 5) is 23.2. The van der Waals surface area contributed by atoms with Crippen LogP contribution in [-0.4, -0.2) is 37.5 Å². The maximum atomic E-state index is 12.3. The Morgan fingerprint density at radius 3 is 2.83 bits per heavy atom. The fraction of sp³-hybridized carbons (Fsp3) is 0.467. The standard InChI is InChI=1S/C15H18N4O4/c1-10-7-16-19(8-10)9-11-5-12(18-23-11)14(22)17-15(3-2-4-15)6-13(20)21/h5,7-8H,2-4,6,9H2,1H3,(H,17,22)(H,20,21). The molecule has 3 rings (SSSR count). The summed E-state index contributed by atoms with van der Waals surface area (Å²) in [6.07, 6.45) is 5.77. The van der Waals surface area contributed by atoms with Gasteiger partial charge in [0, 0.05) is 12.3 Å². The van der Waals surface area contributed by atoms with Crippen LogP contribution < -0.4 is 5.32 Å². The molecule has 8 nitrogen and oxygen atoms in total. The predicted molar refractivity (Wildman–Crippen MR) is 78.9 cm³/mol. The molecule has 1 aliphatic rings. The summed E-state index contributed by atoms with van der Waals surface area (Å²) in [5.74, 6) is -0.809. The summed E-state index contributed by atoms with van der Waals surface area (Å²) < 4.78 is 6.85. The van der Waals surface area contributed by atoms with Gasteiger partial charge in [0.2, 0.25) is 0 Å². The lowest BCUT2D eigenvalue weighted by Crippen LogP contribution is -2.54. The molecular weight excluding hydrogens is 300 g/mol. The third kappa shape index (κ3) is 3.41. The second kappa shape index (κ2) is 5.86. The zero-order valence-corrected chi connectivity index (χ0v) is 12.8. The van der Waals surface area contributed by atoms with Crippen LogP contribution in [0.2, 0.25) is 0 Å². The van der Waals surface area contributed by atoms with Gasteiger partial charge < -0.3 is 14.9 Å². The third-order valence-electron chi connectivity index (χ3n) is 4.05. The second-order valence-corrected chi connectivity index (χ2v) is 6.05. The van der Waals surface area contributed by atoms with Gasteiger partial charge in [0.05, 0.1) is 18.2 Å². The van der Waals surface area contributed by atoms with E-state index in [1.54, 1.807) is 16.9 Å². The Balaban J connectivity index is 1.65. The van der Waals surface area contributed by atoms with Crippen molar-refractivity contribution in [2.45, 2.75) is 44.7 Å². The molecule has 1 amide bonds. The van der Waals surface area contributed by atoms with Crippen LogP contribution in [0.15, 0.2) is 23.0 Å². The van der Waals surface area contributed by atoms with Crippen LogP contribution in [0.3, 0.4) is 0 Å². The molecule has 0 spiro atoms. The highest BCUT2D eigenvalue weighted by Crippen LogP contribution is 2.35. The lowest BCUT2D eigenvalue weighted by molar-refractivity contribution is -0.139. The quantitative estimate of drug-likeness (QED) is 0.832. The molecule has 1 aliphatic carbocycles. The molecule has 0 aliphatic heterocycles. The van der Waals surface area contributed by atoms with Gasteiger partial charge in [0.1, 0.15) is 6.54 Å². The van der Waals surface area contributed by atoms with Gasteiger partial charge in [-0.25, -0.2) is 0 Å². The van der Waals surface area contributed by atoms with Crippen molar-refractivity contribution in [1.29, 1.82) is 0 Å². The number of carbonyl (C=O) groups is 2. The minimum absolute atomic E-state index is 0.0734. The Kier molecular flexibility index (Phi) is 3.89. The Hall–Kier alpha value is -2.64. The first-order valence-electron chi connectivity index (χ1n) is 7.45. The Labute approximate surface area is 132 Å². The van der Waals surface area contributed by atoms with E-state index in [0.29, 0.717) is 25.1 Å². The van der Waals surface area contributed by atoms with Crippen molar-refractivity contribution in [1.82, 2.24) is 20.3 Å². The van der Waals surface area contributed by atoms with E-state index in [0.717, 1.165) is 12.0 Å². The van der Waals surface area contributed by atoms with Crippen molar-refractivity contribution >= 4 is 11.9 Å². The van der Waals surface area contributed by atoms with Crippen LogP contribution >= 0.6 is 0 Å². The highest BCUT2D eigenvalue weighted by Gasteiger charge is 2.40. The molecular formula is C15H18N4O4. The van der Waals surface area contributed by atoms with E-state index >= 15 is 0 Å². The molecule has 2 aromatic rings. The fourth-order valence-electron chi connectivity index (χ4n) is 2.75.